The van der Waals surface area contributed by atoms with Crippen molar-refractivity contribution in [1.29, 1.82) is 0 Å². The number of nitrogens with two attached hydrogens (primary N) is 1. The molecular formula is C14H19BrN2O2. The van der Waals surface area contributed by atoms with Gasteiger partial charge in [-0.2, -0.15) is 0 Å². The number of benzene rings is 1. The Hall–Kier alpha value is -1.07. The molecule has 0 bridgehead atoms. The van der Waals surface area contributed by atoms with E-state index in [2.05, 4.69) is 20.8 Å². The Balaban J connectivity index is 2.21. The highest BCUT2D eigenvalue weighted by Crippen LogP contribution is 2.35. The second-order valence-corrected chi connectivity index (χ2v) is 6.33. The van der Waals surface area contributed by atoms with E-state index in [0.717, 1.165) is 28.7 Å². The topological polar surface area (TPSA) is 66.6 Å². The van der Waals surface area contributed by atoms with Crippen LogP contribution in [0.4, 0.5) is 5.69 Å². The number of anilines is 1. The molecule has 2 rings (SSSR count). The number of amides is 1. The minimum Gasteiger partial charge on any atom is -0.389 e. The van der Waals surface area contributed by atoms with Crippen LogP contribution in [0.2, 0.25) is 0 Å². The third-order valence-corrected chi connectivity index (χ3v) is 4.55. The summed E-state index contributed by atoms with van der Waals surface area (Å²) >= 11 is 3.47. The van der Waals surface area contributed by atoms with Crippen molar-refractivity contribution in [2.24, 2.45) is 11.1 Å². The minimum atomic E-state index is -0.502. The quantitative estimate of drug-likeness (QED) is 0.894. The molecule has 1 amide bonds. The highest BCUT2D eigenvalue weighted by atomic mass is 79.9. The molecule has 0 radical (unpaired) electrons. The summed E-state index contributed by atoms with van der Waals surface area (Å²) < 4.78 is 0.882. The average molecular weight is 327 g/mol. The van der Waals surface area contributed by atoms with Gasteiger partial charge in [-0.05, 0) is 38.0 Å². The van der Waals surface area contributed by atoms with Gasteiger partial charge >= 0.3 is 0 Å². The monoisotopic (exact) mass is 326 g/mol. The summed E-state index contributed by atoms with van der Waals surface area (Å²) in [6.45, 7) is 5.11. The zero-order chi connectivity index (χ0) is 14.2. The number of halogens is 1. The zero-order valence-electron chi connectivity index (χ0n) is 11.2. The van der Waals surface area contributed by atoms with Crippen molar-refractivity contribution in [3.05, 3.63) is 28.2 Å². The fourth-order valence-corrected chi connectivity index (χ4v) is 3.13. The van der Waals surface area contributed by atoms with E-state index in [-0.39, 0.29) is 5.91 Å². The second kappa shape index (κ2) is 5.13. The Bertz CT molecular complexity index is 504. The van der Waals surface area contributed by atoms with Crippen molar-refractivity contribution in [3.63, 3.8) is 0 Å². The van der Waals surface area contributed by atoms with Crippen LogP contribution in [0.25, 0.3) is 0 Å². The number of aliphatic hydroxyl groups is 1. The molecule has 0 aromatic heterocycles. The molecule has 0 aliphatic carbocycles. The molecule has 1 unspecified atom stereocenters. The van der Waals surface area contributed by atoms with E-state index in [0.29, 0.717) is 6.54 Å². The molecular weight excluding hydrogens is 308 g/mol. The maximum Gasteiger partial charge on any atom is 0.225 e. The van der Waals surface area contributed by atoms with Gasteiger partial charge in [-0.1, -0.05) is 22.0 Å². The lowest BCUT2D eigenvalue weighted by atomic mass is 9.89. The van der Waals surface area contributed by atoms with Crippen LogP contribution in [0.3, 0.4) is 0 Å². The minimum absolute atomic E-state index is 0.241. The molecule has 1 aliphatic heterocycles. The number of nitrogens with zero attached hydrogens (tertiary/aromatic N) is 1. The number of rotatable bonds is 3. The first-order valence-electron chi connectivity index (χ1n) is 6.36. The van der Waals surface area contributed by atoms with E-state index in [4.69, 9.17) is 5.73 Å². The molecule has 1 saturated heterocycles. The van der Waals surface area contributed by atoms with Gasteiger partial charge in [0.05, 0.1) is 11.5 Å². The van der Waals surface area contributed by atoms with Crippen LogP contribution in [-0.4, -0.2) is 24.1 Å². The molecule has 1 aromatic carbocycles. The Labute approximate surface area is 121 Å². The number of primary amides is 1. The lowest BCUT2D eigenvalue weighted by Gasteiger charge is -2.23. The predicted molar refractivity (Wildman–Crippen MR) is 78.9 cm³/mol. The summed E-state index contributed by atoms with van der Waals surface area (Å²) in [6.07, 6.45) is 0.274. The third kappa shape index (κ3) is 2.77. The molecule has 3 N–H and O–H groups in total. The summed E-state index contributed by atoms with van der Waals surface area (Å²) in [4.78, 5) is 13.6. The van der Waals surface area contributed by atoms with Crippen LogP contribution < -0.4 is 10.6 Å². The van der Waals surface area contributed by atoms with Crippen LogP contribution in [0, 0.1) is 5.41 Å². The van der Waals surface area contributed by atoms with Crippen molar-refractivity contribution in [1.82, 2.24) is 0 Å². The first-order chi connectivity index (χ1) is 8.83. The van der Waals surface area contributed by atoms with E-state index in [1.54, 1.807) is 6.92 Å². The number of hydrogen-bond donors (Lipinski definition) is 2. The molecule has 0 saturated carbocycles. The lowest BCUT2D eigenvalue weighted by molar-refractivity contribution is -0.125. The van der Waals surface area contributed by atoms with Crippen LogP contribution >= 0.6 is 15.9 Å². The maximum atomic E-state index is 11.5. The fraction of sp³-hybridized carbons (Fsp3) is 0.500. The van der Waals surface area contributed by atoms with Crippen LogP contribution in [0.1, 0.15) is 31.9 Å². The zero-order valence-corrected chi connectivity index (χ0v) is 12.8. The van der Waals surface area contributed by atoms with Crippen molar-refractivity contribution in [2.45, 2.75) is 26.4 Å². The fourth-order valence-electron chi connectivity index (χ4n) is 2.43. The smallest absolute Gasteiger partial charge is 0.225 e. The molecule has 19 heavy (non-hydrogen) atoms. The van der Waals surface area contributed by atoms with Crippen LogP contribution in [0.15, 0.2) is 22.7 Å². The van der Waals surface area contributed by atoms with E-state index in [9.17, 15) is 9.90 Å². The largest absolute Gasteiger partial charge is 0.389 e. The molecule has 5 heteroatoms. The van der Waals surface area contributed by atoms with E-state index in [1.807, 2.05) is 25.1 Å². The van der Waals surface area contributed by atoms with Gasteiger partial charge in [0.25, 0.3) is 0 Å². The van der Waals surface area contributed by atoms with Crippen LogP contribution in [0.5, 0.6) is 0 Å². The van der Waals surface area contributed by atoms with Gasteiger partial charge in [0.2, 0.25) is 5.91 Å². The normalized spacial score (nSPS) is 24.5. The lowest BCUT2D eigenvalue weighted by Crippen LogP contribution is -2.37. The Morgan fingerprint density at radius 1 is 1.58 bits per heavy atom. The summed E-state index contributed by atoms with van der Waals surface area (Å²) in [5.41, 5.74) is 6.91. The molecule has 1 aliphatic rings. The number of carbonyl (C=O) groups excluding carboxylic acids is 1. The van der Waals surface area contributed by atoms with Crippen molar-refractivity contribution in [2.75, 3.05) is 18.0 Å². The molecule has 1 aromatic rings. The SMILES string of the molecule is C[C@H](O)c1ccc(N2CCC(C)(C(N)=O)C2)cc1Br. The van der Waals surface area contributed by atoms with Gasteiger partial charge in [-0.25, -0.2) is 0 Å². The Kier molecular flexibility index (Phi) is 3.87. The van der Waals surface area contributed by atoms with E-state index in [1.165, 1.54) is 0 Å². The number of carbonyl (C=O) groups is 1. The maximum absolute atomic E-state index is 11.5. The predicted octanol–water partition coefficient (Wildman–Crippen LogP) is 2.20. The highest BCUT2D eigenvalue weighted by molar-refractivity contribution is 9.10. The highest BCUT2D eigenvalue weighted by Gasteiger charge is 2.38. The van der Waals surface area contributed by atoms with Crippen molar-refractivity contribution >= 4 is 27.5 Å². The Morgan fingerprint density at radius 3 is 2.74 bits per heavy atom. The summed E-state index contributed by atoms with van der Waals surface area (Å²) in [5, 5.41) is 9.61. The summed E-state index contributed by atoms with van der Waals surface area (Å²) in [6, 6.07) is 5.86. The Morgan fingerprint density at radius 2 is 2.26 bits per heavy atom. The van der Waals surface area contributed by atoms with Crippen LogP contribution in [-0.2, 0) is 4.79 Å². The third-order valence-electron chi connectivity index (χ3n) is 3.87. The first kappa shape index (κ1) is 14.3. The first-order valence-corrected chi connectivity index (χ1v) is 7.15. The molecule has 1 fully saturated rings. The number of hydrogen-bond acceptors (Lipinski definition) is 3. The van der Waals surface area contributed by atoms with Gasteiger partial charge < -0.3 is 15.7 Å². The van der Waals surface area contributed by atoms with Gasteiger partial charge in [0, 0.05) is 23.2 Å². The standard InChI is InChI=1S/C14H19BrN2O2/c1-9(18)11-4-3-10(7-12(11)15)17-6-5-14(2,8-17)13(16)19/h3-4,7,9,18H,5-6,8H2,1-2H3,(H2,16,19)/t9-,14?/m0/s1. The molecule has 0 spiro atoms. The molecule has 1 heterocycles. The summed E-state index contributed by atoms with van der Waals surface area (Å²) in [5.74, 6) is -0.241. The van der Waals surface area contributed by atoms with Gasteiger partial charge in [-0.15, -0.1) is 0 Å². The van der Waals surface area contributed by atoms with Crippen molar-refractivity contribution in [3.8, 4) is 0 Å². The summed E-state index contributed by atoms with van der Waals surface area (Å²) in [7, 11) is 0. The second-order valence-electron chi connectivity index (χ2n) is 5.48. The molecule has 4 nitrogen and oxygen atoms in total. The van der Waals surface area contributed by atoms with Gasteiger partial charge in [0.15, 0.2) is 0 Å². The van der Waals surface area contributed by atoms with E-state index < -0.39 is 11.5 Å². The molecule has 2 atom stereocenters. The number of aliphatic hydroxyl groups excluding tert-OH is 1. The van der Waals surface area contributed by atoms with E-state index >= 15 is 0 Å². The molecule has 104 valence electrons. The van der Waals surface area contributed by atoms with Crippen molar-refractivity contribution < 1.29 is 9.90 Å². The average Bonchev–Trinajstić information content (AvgIpc) is 2.73. The van der Waals surface area contributed by atoms with Gasteiger partial charge in [0.1, 0.15) is 0 Å². The van der Waals surface area contributed by atoms with Gasteiger partial charge in [-0.3, -0.25) is 4.79 Å².